The highest BCUT2D eigenvalue weighted by Crippen LogP contribution is 2.55. The van der Waals surface area contributed by atoms with Gasteiger partial charge in [-0.15, -0.1) is 0 Å². The Morgan fingerprint density at radius 3 is 2.00 bits per heavy atom. The van der Waals surface area contributed by atoms with Gasteiger partial charge in [0.25, 0.3) is 0 Å². The number of fused-ring (bicyclic) bond motifs is 5. The fourth-order valence-electron chi connectivity index (χ4n) is 3.61. The van der Waals surface area contributed by atoms with Gasteiger partial charge in [-0.2, -0.15) is 0 Å². The maximum atomic E-state index is 11.3. The molecular formula is C9H14O2S. The summed E-state index contributed by atoms with van der Waals surface area (Å²) in [6.45, 7) is 0. The highest BCUT2D eigenvalue weighted by Gasteiger charge is 2.56. The van der Waals surface area contributed by atoms with E-state index in [0.717, 1.165) is 11.5 Å². The van der Waals surface area contributed by atoms with Crippen molar-refractivity contribution in [2.75, 3.05) is 11.5 Å². The third kappa shape index (κ3) is 0.765. The van der Waals surface area contributed by atoms with Crippen molar-refractivity contribution in [2.24, 2.45) is 23.7 Å². The normalized spacial score (nSPS) is 62.4. The van der Waals surface area contributed by atoms with E-state index < -0.39 is 10.8 Å². The molecule has 1 saturated heterocycles. The molecule has 3 aliphatic rings. The third-order valence-electron chi connectivity index (χ3n) is 4.12. The van der Waals surface area contributed by atoms with Crippen LogP contribution in [0.2, 0.25) is 0 Å². The van der Waals surface area contributed by atoms with E-state index in [-0.39, 0.29) is 6.10 Å². The molecule has 0 spiro atoms. The van der Waals surface area contributed by atoms with Gasteiger partial charge in [0.2, 0.25) is 0 Å². The van der Waals surface area contributed by atoms with E-state index in [4.69, 9.17) is 0 Å². The van der Waals surface area contributed by atoms with E-state index in [2.05, 4.69) is 0 Å². The Morgan fingerprint density at radius 2 is 1.50 bits per heavy atom. The van der Waals surface area contributed by atoms with Crippen molar-refractivity contribution in [1.29, 1.82) is 0 Å². The van der Waals surface area contributed by atoms with Crippen LogP contribution in [0.5, 0.6) is 0 Å². The monoisotopic (exact) mass is 186 g/mol. The molecule has 0 radical (unpaired) electrons. The molecule has 0 aromatic carbocycles. The first-order valence-corrected chi connectivity index (χ1v) is 6.29. The lowest BCUT2D eigenvalue weighted by molar-refractivity contribution is 0.119. The van der Waals surface area contributed by atoms with Crippen molar-refractivity contribution in [2.45, 2.75) is 18.9 Å². The predicted molar refractivity (Wildman–Crippen MR) is 47.1 cm³/mol. The molecule has 12 heavy (non-hydrogen) atoms. The van der Waals surface area contributed by atoms with Crippen LogP contribution in [0, 0.1) is 23.7 Å². The SMILES string of the molecule is O=S1C[C@@H]2[C@H](C1)[C@@H]1CC[C@H]2C1O. The molecule has 6 atom stereocenters. The molecule has 0 aromatic rings. The molecule has 2 bridgehead atoms. The fraction of sp³-hybridized carbons (Fsp3) is 1.00. The lowest BCUT2D eigenvalue weighted by Crippen LogP contribution is -2.19. The van der Waals surface area contributed by atoms with Gasteiger partial charge in [0, 0.05) is 22.3 Å². The Bertz CT molecular complexity index is 219. The van der Waals surface area contributed by atoms with E-state index in [9.17, 15) is 9.32 Å². The standard InChI is InChI=1S/C9H14O2S/c10-9-5-1-2-6(9)8-4-12(11)3-7(5)8/h5-10H,1-4H2/t5-,6+,7+,8-,9?,12?. The molecule has 3 rings (SSSR count). The Balaban J connectivity index is 1.93. The molecule has 1 heterocycles. The Hall–Kier alpha value is 0.110. The second kappa shape index (κ2) is 2.32. The number of rotatable bonds is 0. The summed E-state index contributed by atoms with van der Waals surface area (Å²) in [6, 6.07) is 0. The average molecular weight is 186 g/mol. The topological polar surface area (TPSA) is 37.3 Å². The van der Waals surface area contributed by atoms with Crippen LogP contribution in [0.15, 0.2) is 0 Å². The second-order valence-corrected chi connectivity index (χ2v) is 6.04. The van der Waals surface area contributed by atoms with Crippen LogP contribution in [-0.4, -0.2) is 26.9 Å². The minimum absolute atomic E-state index is 0.0442. The maximum absolute atomic E-state index is 11.3. The Kier molecular flexibility index (Phi) is 1.45. The molecule has 2 saturated carbocycles. The highest BCUT2D eigenvalue weighted by atomic mass is 32.2. The number of hydrogen-bond acceptors (Lipinski definition) is 2. The zero-order valence-corrected chi connectivity index (χ0v) is 7.80. The van der Waals surface area contributed by atoms with E-state index in [1.165, 1.54) is 12.8 Å². The predicted octanol–water partition coefficient (Wildman–Crippen LogP) is 0.382. The second-order valence-electron chi connectivity index (χ2n) is 4.50. The fourth-order valence-corrected chi connectivity index (χ4v) is 5.59. The summed E-state index contributed by atoms with van der Waals surface area (Å²) < 4.78 is 11.3. The Morgan fingerprint density at radius 1 is 1.00 bits per heavy atom. The minimum Gasteiger partial charge on any atom is -0.393 e. The first kappa shape index (κ1) is 7.51. The molecule has 68 valence electrons. The van der Waals surface area contributed by atoms with Crippen LogP contribution in [-0.2, 0) is 10.8 Å². The van der Waals surface area contributed by atoms with E-state index in [0.29, 0.717) is 23.7 Å². The highest BCUT2D eigenvalue weighted by molar-refractivity contribution is 7.85. The molecule has 1 N–H and O–H groups in total. The van der Waals surface area contributed by atoms with Gasteiger partial charge in [-0.3, -0.25) is 4.21 Å². The minimum atomic E-state index is -0.559. The summed E-state index contributed by atoms with van der Waals surface area (Å²) in [5.41, 5.74) is 0. The molecule has 3 fully saturated rings. The van der Waals surface area contributed by atoms with Crippen LogP contribution >= 0.6 is 0 Å². The summed E-state index contributed by atoms with van der Waals surface area (Å²) >= 11 is 0. The van der Waals surface area contributed by atoms with Crippen molar-refractivity contribution in [3.8, 4) is 0 Å². The summed E-state index contributed by atoms with van der Waals surface area (Å²) in [6.07, 6.45) is 2.33. The van der Waals surface area contributed by atoms with Crippen LogP contribution in [0.1, 0.15) is 12.8 Å². The van der Waals surface area contributed by atoms with Crippen LogP contribution in [0.3, 0.4) is 0 Å². The summed E-state index contributed by atoms with van der Waals surface area (Å²) in [7, 11) is -0.559. The first-order valence-electron chi connectivity index (χ1n) is 4.80. The lowest BCUT2D eigenvalue weighted by atomic mass is 9.82. The maximum Gasteiger partial charge on any atom is 0.0602 e. The van der Waals surface area contributed by atoms with Gasteiger partial charge in [0.1, 0.15) is 0 Å². The van der Waals surface area contributed by atoms with Crippen LogP contribution < -0.4 is 0 Å². The molecule has 0 amide bonds. The number of hydrogen-bond donors (Lipinski definition) is 1. The van der Waals surface area contributed by atoms with Gasteiger partial charge >= 0.3 is 0 Å². The first-order chi connectivity index (χ1) is 5.77. The van der Waals surface area contributed by atoms with Crippen molar-refractivity contribution < 1.29 is 9.32 Å². The van der Waals surface area contributed by atoms with Crippen molar-refractivity contribution in [1.82, 2.24) is 0 Å². The zero-order valence-electron chi connectivity index (χ0n) is 6.98. The molecule has 2 aliphatic carbocycles. The number of aliphatic hydroxyl groups is 1. The summed E-state index contributed by atoms with van der Waals surface area (Å²) in [5, 5.41) is 9.82. The van der Waals surface area contributed by atoms with Crippen LogP contribution in [0.4, 0.5) is 0 Å². The number of aliphatic hydroxyl groups excluding tert-OH is 1. The van der Waals surface area contributed by atoms with Gasteiger partial charge in [-0.25, -0.2) is 0 Å². The molecule has 2 unspecified atom stereocenters. The zero-order chi connectivity index (χ0) is 8.29. The molecule has 0 aromatic heterocycles. The van der Waals surface area contributed by atoms with Gasteiger partial charge in [-0.05, 0) is 36.5 Å². The smallest absolute Gasteiger partial charge is 0.0602 e. The quantitative estimate of drug-likeness (QED) is 0.594. The van der Waals surface area contributed by atoms with Gasteiger partial charge < -0.3 is 5.11 Å². The van der Waals surface area contributed by atoms with Crippen molar-refractivity contribution >= 4 is 10.8 Å². The molecule has 3 heteroatoms. The molecule has 2 nitrogen and oxygen atoms in total. The summed E-state index contributed by atoms with van der Waals surface area (Å²) in [4.78, 5) is 0. The van der Waals surface area contributed by atoms with Crippen LogP contribution in [0.25, 0.3) is 0 Å². The Labute approximate surface area is 74.8 Å². The van der Waals surface area contributed by atoms with E-state index in [1.807, 2.05) is 0 Å². The van der Waals surface area contributed by atoms with Crippen molar-refractivity contribution in [3.63, 3.8) is 0 Å². The molecule has 1 aliphatic heterocycles. The largest absolute Gasteiger partial charge is 0.393 e. The average Bonchev–Trinajstić information content (AvgIpc) is 2.60. The third-order valence-corrected chi connectivity index (χ3v) is 5.63. The van der Waals surface area contributed by atoms with Crippen molar-refractivity contribution in [3.05, 3.63) is 0 Å². The molecular weight excluding hydrogens is 172 g/mol. The summed E-state index contributed by atoms with van der Waals surface area (Å²) in [5.74, 6) is 3.99. The van der Waals surface area contributed by atoms with Gasteiger partial charge in [-0.1, -0.05) is 0 Å². The lowest BCUT2D eigenvalue weighted by Gasteiger charge is -2.21. The van der Waals surface area contributed by atoms with E-state index >= 15 is 0 Å². The van der Waals surface area contributed by atoms with Gasteiger partial charge in [0.15, 0.2) is 0 Å². The van der Waals surface area contributed by atoms with Gasteiger partial charge in [0.05, 0.1) is 6.10 Å². The van der Waals surface area contributed by atoms with E-state index in [1.54, 1.807) is 0 Å².